The third-order valence-electron chi connectivity index (χ3n) is 11.1. The number of hydrogen-bond donors (Lipinski definition) is 0. The number of nitrogens with zero attached hydrogens (tertiary/aromatic N) is 4. The summed E-state index contributed by atoms with van der Waals surface area (Å²) in [5.41, 5.74) is 13.2. The van der Waals surface area contributed by atoms with Crippen LogP contribution in [0.15, 0.2) is 199 Å². The molecule has 0 spiro atoms. The molecule has 5 heteroatoms. The zero-order valence-electron chi connectivity index (χ0n) is 31.2. The lowest BCUT2D eigenvalue weighted by Crippen LogP contribution is -2.04. The molecule has 3 aromatic heterocycles. The van der Waals surface area contributed by atoms with Gasteiger partial charge in [-0.3, -0.25) is 0 Å². The number of fused-ring (bicyclic) bond motifs is 7. The number of para-hydroxylation sites is 2. The Morgan fingerprint density at radius 2 is 0.949 bits per heavy atom. The molecular formula is C54H36N4O. The molecule has 0 saturated carbocycles. The molecule has 5 nitrogen and oxygen atoms in total. The predicted octanol–water partition coefficient (Wildman–Crippen LogP) is 14.3. The van der Waals surface area contributed by atoms with E-state index >= 15 is 0 Å². The van der Waals surface area contributed by atoms with E-state index in [0.29, 0.717) is 22.8 Å². The van der Waals surface area contributed by atoms with Crippen LogP contribution in [0.25, 0.3) is 106 Å². The fraction of sp³-hybridized carbons (Fsp3) is 0.0185. The van der Waals surface area contributed by atoms with E-state index in [-0.39, 0.29) is 7.43 Å². The fourth-order valence-corrected chi connectivity index (χ4v) is 8.46. The van der Waals surface area contributed by atoms with Crippen molar-refractivity contribution < 1.29 is 4.42 Å². The van der Waals surface area contributed by atoms with E-state index in [0.717, 1.165) is 88.4 Å². The molecule has 0 unspecified atom stereocenters. The van der Waals surface area contributed by atoms with Crippen LogP contribution in [0.3, 0.4) is 0 Å². The van der Waals surface area contributed by atoms with Gasteiger partial charge in [0, 0.05) is 44.0 Å². The van der Waals surface area contributed by atoms with Crippen LogP contribution in [0.1, 0.15) is 13.0 Å². The highest BCUT2D eigenvalue weighted by Gasteiger charge is 2.25. The van der Waals surface area contributed by atoms with Crippen LogP contribution in [0, 0.1) is 11.3 Å². The molecule has 278 valence electrons. The Hall–Kier alpha value is -8.07. The van der Waals surface area contributed by atoms with Gasteiger partial charge in [-0.05, 0) is 47.5 Å². The lowest BCUT2D eigenvalue weighted by atomic mass is 9.92. The molecule has 0 saturated heterocycles. The van der Waals surface area contributed by atoms with Gasteiger partial charge in [-0.2, -0.15) is 5.26 Å². The lowest BCUT2D eigenvalue weighted by molar-refractivity contribution is 0.673. The minimum atomic E-state index is 0. The summed E-state index contributed by atoms with van der Waals surface area (Å²) in [6.45, 7) is 0. The first-order valence-electron chi connectivity index (χ1n) is 19.3. The van der Waals surface area contributed by atoms with E-state index in [2.05, 4.69) is 120 Å². The number of benzene rings is 8. The van der Waals surface area contributed by atoms with E-state index in [1.54, 1.807) is 0 Å². The van der Waals surface area contributed by atoms with E-state index in [1.807, 2.05) is 84.9 Å². The smallest absolute Gasteiger partial charge is 0.160 e. The summed E-state index contributed by atoms with van der Waals surface area (Å²) in [6, 6.07) is 69.0. The molecule has 11 rings (SSSR count). The standard InChI is InChI=1S/C53H32N4O.CH4/c54-33-44-49(36-21-9-3-10-22-36)55-53(56-50(44)37-23-11-4-12-24-37)38-31-42(34-17-5-1-6-18-34)51(43(32-38)35-19-7-2-8-20-35)57-45-27-15-13-26-41(45)48-46(57)30-29-40-39-25-14-16-28-47(39)58-52(40)48;/h1-32H;1H4. The first kappa shape index (κ1) is 35.4. The van der Waals surface area contributed by atoms with Crippen molar-refractivity contribution in [1.82, 2.24) is 14.5 Å². The second-order valence-corrected chi connectivity index (χ2v) is 14.4. The Morgan fingerprint density at radius 1 is 0.458 bits per heavy atom. The van der Waals surface area contributed by atoms with Gasteiger partial charge in [-0.25, -0.2) is 9.97 Å². The van der Waals surface area contributed by atoms with Gasteiger partial charge in [-0.15, -0.1) is 0 Å². The highest BCUT2D eigenvalue weighted by atomic mass is 16.3. The van der Waals surface area contributed by atoms with Crippen LogP contribution in [0.2, 0.25) is 0 Å². The third kappa shape index (κ3) is 5.78. The Bertz CT molecular complexity index is 3260. The van der Waals surface area contributed by atoms with Crippen LogP contribution in [0.5, 0.6) is 0 Å². The largest absolute Gasteiger partial charge is 0.455 e. The number of nitriles is 1. The first-order chi connectivity index (χ1) is 28.7. The van der Waals surface area contributed by atoms with Crippen LogP contribution in [0.4, 0.5) is 0 Å². The Balaban J connectivity index is 0.00000420. The zero-order chi connectivity index (χ0) is 38.6. The van der Waals surface area contributed by atoms with Crippen molar-refractivity contribution in [3.8, 4) is 67.9 Å². The van der Waals surface area contributed by atoms with Gasteiger partial charge in [0.1, 0.15) is 22.8 Å². The summed E-state index contributed by atoms with van der Waals surface area (Å²) < 4.78 is 9.09. The molecule has 0 radical (unpaired) electrons. The Labute approximate surface area is 341 Å². The number of hydrogen-bond acceptors (Lipinski definition) is 4. The Morgan fingerprint density at radius 3 is 1.51 bits per heavy atom. The molecule has 0 amide bonds. The van der Waals surface area contributed by atoms with E-state index < -0.39 is 0 Å². The van der Waals surface area contributed by atoms with Crippen molar-refractivity contribution in [3.05, 3.63) is 200 Å². The molecule has 0 bridgehead atoms. The first-order valence-corrected chi connectivity index (χ1v) is 19.3. The molecule has 11 aromatic rings. The summed E-state index contributed by atoms with van der Waals surface area (Å²) in [5.74, 6) is 0.531. The lowest BCUT2D eigenvalue weighted by Gasteiger charge is -2.21. The van der Waals surface area contributed by atoms with E-state index in [9.17, 15) is 5.26 Å². The average Bonchev–Trinajstić information content (AvgIpc) is 3.85. The van der Waals surface area contributed by atoms with Crippen molar-refractivity contribution in [2.75, 3.05) is 0 Å². The molecule has 0 aliphatic heterocycles. The summed E-state index contributed by atoms with van der Waals surface area (Å²) in [4.78, 5) is 10.5. The summed E-state index contributed by atoms with van der Waals surface area (Å²) in [6.07, 6.45) is 0. The molecule has 8 aromatic carbocycles. The van der Waals surface area contributed by atoms with Gasteiger partial charge >= 0.3 is 0 Å². The maximum Gasteiger partial charge on any atom is 0.160 e. The quantitative estimate of drug-likeness (QED) is 0.169. The monoisotopic (exact) mass is 756 g/mol. The maximum absolute atomic E-state index is 10.7. The highest BCUT2D eigenvalue weighted by Crippen LogP contribution is 2.46. The van der Waals surface area contributed by atoms with Crippen molar-refractivity contribution >= 4 is 43.7 Å². The highest BCUT2D eigenvalue weighted by molar-refractivity contribution is 6.24. The van der Waals surface area contributed by atoms with Gasteiger partial charge in [0.15, 0.2) is 5.82 Å². The van der Waals surface area contributed by atoms with Gasteiger partial charge in [-0.1, -0.05) is 165 Å². The SMILES string of the molecule is C.N#Cc1c(-c2ccccc2)nc(-c2cc(-c3ccccc3)c(-n3c4ccccc4c4c5oc6ccccc6c5ccc43)c(-c3ccccc3)c2)nc1-c1ccccc1. The van der Waals surface area contributed by atoms with E-state index in [1.165, 1.54) is 0 Å². The van der Waals surface area contributed by atoms with Gasteiger partial charge < -0.3 is 8.98 Å². The topological polar surface area (TPSA) is 67.6 Å². The molecule has 0 N–H and O–H groups in total. The second kappa shape index (κ2) is 14.5. The van der Waals surface area contributed by atoms with Crippen molar-refractivity contribution in [1.29, 1.82) is 5.26 Å². The average molecular weight is 757 g/mol. The van der Waals surface area contributed by atoms with Crippen molar-refractivity contribution in [2.45, 2.75) is 7.43 Å². The van der Waals surface area contributed by atoms with Crippen LogP contribution in [-0.4, -0.2) is 14.5 Å². The molecule has 59 heavy (non-hydrogen) atoms. The molecular weight excluding hydrogens is 721 g/mol. The zero-order valence-corrected chi connectivity index (χ0v) is 31.2. The van der Waals surface area contributed by atoms with Gasteiger partial charge in [0.25, 0.3) is 0 Å². The van der Waals surface area contributed by atoms with E-state index in [4.69, 9.17) is 14.4 Å². The molecule has 0 aliphatic carbocycles. The number of furan rings is 1. The number of aromatic nitrogens is 3. The van der Waals surface area contributed by atoms with Crippen LogP contribution in [-0.2, 0) is 0 Å². The van der Waals surface area contributed by atoms with Crippen molar-refractivity contribution in [3.63, 3.8) is 0 Å². The minimum Gasteiger partial charge on any atom is -0.455 e. The minimum absolute atomic E-state index is 0. The summed E-state index contributed by atoms with van der Waals surface area (Å²) in [5, 5.41) is 15.0. The van der Waals surface area contributed by atoms with Gasteiger partial charge in [0.2, 0.25) is 0 Å². The predicted molar refractivity (Wildman–Crippen MR) is 242 cm³/mol. The van der Waals surface area contributed by atoms with Crippen LogP contribution < -0.4 is 0 Å². The third-order valence-corrected chi connectivity index (χ3v) is 11.1. The maximum atomic E-state index is 10.7. The molecule has 0 aliphatic rings. The fourth-order valence-electron chi connectivity index (χ4n) is 8.46. The Kier molecular flexibility index (Phi) is 8.66. The second-order valence-electron chi connectivity index (χ2n) is 14.4. The summed E-state index contributed by atoms with van der Waals surface area (Å²) in [7, 11) is 0. The van der Waals surface area contributed by atoms with Crippen molar-refractivity contribution in [2.24, 2.45) is 0 Å². The van der Waals surface area contributed by atoms with Gasteiger partial charge in [0.05, 0.1) is 33.5 Å². The molecule has 0 atom stereocenters. The number of rotatable bonds is 6. The molecule has 3 heterocycles. The summed E-state index contributed by atoms with van der Waals surface area (Å²) >= 11 is 0. The van der Waals surface area contributed by atoms with Crippen LogP contribution >= 0.6 is 0 Å². The normalized spacial score (nSPS) is 11.2. The molecule has 0 fully saturated rings.